The summed E-state index contributed by atoms with van der Waals surface area (Å²) in [6, 6.07) is 0. The third kappa shape index (κ3) is 2.52. The molecular formula is C12H22N4O2. The summed E-state index contributed by atoms with van der Waals surface area (Å²) in [6.45, 7) is 7.12. The number of rotatable bonds is 1. The zero-order chi connectivity index (χ0) is 13.5. The van der Waals surface area contributed by atoms with E-state index in [-0.39, 0.29) is 12.3 Å². The maximum Gasteiger partial charge on any atom is 0.410 e. The normalized spacial score (nSPS) is 24.5. The molecule has 2 aliphatic heterocycles. The summed E-state index contributed by atoms with van der Waals surface area (Å²) < 4.78 is 5.33. The van der Waals surface area contributed by atoms with Crippen LogP contribution < -0.4 is 0 Å². The Bertz CT molecular complexity index is 346. The minimum Gasteiger partial charge on any atom is -0.444 e. The second-order valence-corrected chi connectivity index (χ2v) is 6.03. The highest BCUT2D eigenvalue weighted by atomic mass is 16.6. The van der Waals surface area contributed by atoms with Crippen molar-refractivity contribution in [2.24, 2.45) is 11.0 Å². The summed E-state index contributed by atoms with van der Waals surface area (Å²) in [7, 11) is 3.97. The number of likely N-dealkylation sites (tertiary alicyclic amines) is 1. The van der Waals surface area contributed by atoms with Gasteiger partial charge >= 0.3 is 6.09 Å². The van der Waals surface area contributed by atoms with Crippen molar-refractivity contribution in [1.82, 2.24) is 14.8 Å². The molecule has 6 heteroatoms. The smallest absolute Gasteiger partial charge is 0.410 e. The van der Waals surface area contributed by atoms with Crippen molar-refractivity contribution < 1.29 is 9.53 Å². The molecule has 0 spiro atoms. The maximum atomic E-state index is 11.8. The molecular weight excluding hydrogens is 232 g/mol. The largest absolute Gasteiger partial charge is 0.444 e. The van der Waals surface area contributed by atoms with Gasteiger partial charge < -0.3 is 14.5 Å². The summed E-state index contributed by atoms with van der Waals surface area (Å²) in [5, 5.41) is 6.17. The Morgan fingerprint density at radius 1 is 1.33 bits per heavy atom. The second-order valence-electron chi connectivity index (χ2n) is 6.03. The van der Waals surface area contributed by atoms with E-state index in [9.17, 15) is 4.79 Å². The summed E-state index contributed by atoms with van der Waals surface area (Å²) in [5.41, 5.74) is -0.424. The minimum atomic E-state index is -0.424. The first-order valence-electron chi connectivity index (χ1n) is 6.25. The van der Waals surface area contributed by atoms with E-state index in [0.29, 0.717) is 5.92 Å². The Labute approximate surface area is 108 Å². The molecule has 2 rings (SSSR count). The molecule has 2 aliphatic rings. The van der Waals surface area contributed by atoms with Crippen molar-refractivity contribution in [2.45, 2.75) is 32.5 Å². The van der Waals surface area contributed by atoms with Crippen molar-refractivity contribution >= 4 is 12.4 Å². The number of carbonyl (C=O) groups is 1. The van der Waals surface area contributed by atoms with Gasteiger partial charge in [0.1, 0.15) is 18.1 Å². The Morgan fingerprint density at radius 3 is 2.39 bits per heavy atom. The zero-order valence-corrected chi connectivity index (χ0v) is 11.8. The van der Waals surface area contributed by atoms with E-state index in [1.807, 2.05) is 46.2 Å². The number of hydrogen-bond acceptors (Lipinski definition) is 5. The summed E-state index contributed by atoms with van der Waals surface area (Å²) in [5.74, 6) is 0.426. The highest BCUT2D eigenvalue weighted by Crippen LogP contribution is 2.27. The third-order valence-corrected chi connectivity index (χ3v) is 3.20. The number of hydrazone groups is 1. The van der Waals surface area contributed by atoms with E-state index in [2.05, 4.69) is 10.0 Å². The van der Waals surface area contributed by atoms with E-state index in [4.69, 9.17) is 4.74 Å². The Morgan fingerprint density at radius 2 is 1.94 bits per heavy atom. The first kappa shape index (κ1) is 13.0. The minimum absolute atomic E-state index is 0.219. The van der Waals surface area contributed by atoms with E-state index in [0.717, 1.165) is 13.1 Å². The van der Waals surface area contributed by atoms with Gasteiger partial charge in [0.2, 0.25) is 0 Å². The first-order valence-corrected chi connectivity index (χ1v) is 6.25. The second kappa shape index (κ2) is 4.33. The molecule has 0 saturated carbocycles. The number of nitrogens with zero attached hydrogens (tertiary/aromatic N) is 4. The van der Waals surface area contributed by atoms with Crippen LogP contribution in [0.4, 0.5) is 4.79 Å². The van der Waals surface area contributed by atoms with Gasteiger partial charge in [-0.25, -0.2) is 4.79 Å². The van der Waals surface area contributed by atoms with Crippen molar-refractivity contribution in [3.63, 3.8) is 0 Å². The lowest BCUT2D eigenvalue weighted by Crippen LogP contribution is -2.60. The van der Waals surface area contributed by atoms with Crippen LogP contribution in [0, 0.1) is 5.92 Å². The van der Waals surface area contributed by atoms with E-state index >= 15 is 0 Å². The highest BCUT2D eigenvalue weighted by Gasteiger charge is 2.42. The molecule has 102 valence electrons. The van der Waals surface area contributed by atoms with Crippen molar-refractivity contribution in [3.05, 3.63) is 0 Å². The molecule has 0 aliphatic carbocycles. The summed E-state index contributed by atoms with van der Waals surface area (Å²) in [4.78, 5) is 15.6. The maximum absolute atomic E-state index is 11.8. The van der Waals surface area contributed by atoms with Crippen molar-refractivity contribution in [2.75, 3.05) is 27.2 Å². The van der Waals surface area contributed by atoms with Crippen LogP contribution in [0.1, 0.15) is 20.8 Å². The fraction of sp³-hybridized carbons (Fsp3) is 0.833. The highest BCUT2D eigenvalue weighted by molar-refractivity contribution is 5.69. The van der Waals surface area contributed by atoms with Crippen LogP contribution in [0.2, 0.25) is 0 Å². The van der Waals surface area contributed by atoms with Crippen LogP contribution >= 0.6 is 0 Å². The number of carbonyl (C=O) groups excluding carboxylic acids is 1. The standard InChI is InChI=1S/C12H22N4O2/c1-12(2,3)18-11(17)16-6-9(7-16)10-14(4)8-13-15(10)5/h8-10H,6-7H2,1-5H3. The molecule has 0 bridgehead atoms. The molecule has 1 saturated heterocycles. The van der Waals surface area contributed by atoms with E-state index < -0.39 is 5.60 Å². The van der Waals surface area contributed by atoms with Gasteiger partial charge in [-0.2, -0.15) is 5.10 Å². The van der Waals surface area contributed by atoms with Crippen LogP contribution in [0.5, 0.6) is 0 Å². The van der Waals surface area contributed by atoms with Crippen LogP contribution in [0.15, 0.2) is 5.10 Å². The Kier molecular flexibility index (Phi) is 3.12. The van der Waals surface area contributed by atoms with Crippen LogP contribution in [0.25, 0.3) is 0 Å². The number of hydrogen-bond donors (Lipinski definition) is 0. The van der Waals surface area contributed by atoms with E-state index in [1.54, 1.807) is 4.90 Å². The molecule has 0 aromatic heterocycles. The van der Waals surface area contributed by atoms with Gasteiger partial charge in [0.25, 0.3) is 0 Å². The SMILES string of the molecule is CN1C=NN(C)C1C1CN(C(=O)OC(C)(C)C)C1. The van der Waals surface area contributed by atoms with Gasteiger partial charge in [-0.05, 0) is 20.8 Å². The van der Waals surface area contributed by atoms with Crippen LogP contribution in [-0.2, 0) is 4.74 Å². The molecule has 1 unspecified atom stereocenters. The predicted molar refractivity (Wildman–Crippen MR) is 69.1 cm³/mol. The molecule has 1 fully saturated rings. The lowest BCUT2D eigenvalue weighted by molar-refractivity contribution is -0.0292. The molecule has 1 atom stereocenters. The molecule has 6 nitrogen and oxygen atoms in total. The fourth-order valence-corrected chi connectivity index (χ4v) is 2.38. The van der Waals surface area contributed by atoms with Gasteiger partial charge in [0, 0.05) is 33.1 Å². The lowest BCUT2D eigenvalue weighted by atomic mass is 9.96. The molecule has 0 N–H and O–H groups in total. The fourth-order valence-electron chi connectivity index (χ4n) is 2.38. The molecule has 18 heavy (non-hydrogen) atoms. The van der Waals surface area contributed by atoms with E-state index in [1.165, 1.54) is 0 Å². The van der Waals surface area contributed by atoms with Gasteiger partial charge in [0.15, 0.2) is 0 Å². The molecule has 2 heterocycles. The van der Waals surface area contributed by atoms with Gasteiger partial charge in [-0.1, -0.05) is 0 Å². The summed E-state index contributed by atoms with van der Waals surface area (Å²) in [6.07, 6.45) is 1.85. The quantitative estimate of drug-likeness (QED) is 0.700. The number of ether oxygens (including phenoxy) is 1. The Balaban J connectivity index is 1.82. The topological polar surface area (TPSA) is 48.4 Å². The average Bonchev–Trinajstić information content (AvgIpc) is 2.43. The van der Waals surface area contributed by atoms with Crippen molar-refractivity contribution in [3.8, 4) is 0 Å². The third-order valence-electron chi connectivity index (χ3n) is 3.20. The average molecular weight is 254 g/mol. The molecule has 0 aromatic carbocycles. The van der Waals surface area contributed by atoms with Gasteiger partial charge in [-0.3, -0.25) is 5.01 Å². The predicted octanol–water partition coefficient (Wildman–Crippen LogP) is 1.000. The summed E-state index contributed by atoms with van der Waals surface area (Å²) >= 11 is 0. The van der Waals surface area contributed by atoms with Crippen LogP contribution in [0.3, 0.4) is 0 Å². The molecule has 0 radical (unpaired) electrons. The van der Waals surface area contributed by atoms with Gasteiger partial charge in [-0.15, -0.1) is 0 Å². The molecule has 1 amide bonds. The van der Waals surface area contributed by atoms with Gasteiger partial charge in [0.05, 0.1) is 0 Å². The van der Waals surface area contributed by atoms with Crippen LogP contribution in [-0.4, -0.2) is 66.2 Å². The Hall–Kier alpha value is -1.46. The molecule has 0 aromatic rings. The number of amides is 1. The monoisotopic (exact) mass is 254 g/mol. The van der Waals surface area contributed by atoms with Crippen molar-refractivity contribution in [1.29, 1.82) is 0 Å². The lowest BCUT2D eigenvalue weighted by Gasteiger charge is -2.45. The zero-order valence-electron chi connectivity index (χ0n) is 11.8. The first-order chi connectivity index (χ1) is 8.28.